The molecule has 0 unspecified atom stereocenters. The minimum absolute atomic E-state index is 0.692. The second-order valence-corrected chi connectivity index (χ2v) is 4.06. The highest BCUT2D eigenvalue weighted by molar-refractivity contribution is 9.09. The van der Waals surface area contributed by atoms with Crippen molar-refractivity contribution in [1.82, 2.24) is 9.55 Å². The van der Waals surface area contributed by atoms with Gasteiger partial charge in [-0.05, 0) is 36.5 Å². The molecule has 1 heterocycles. The minimum Gasteiger partial charge on any atom is -0.337 e. The second kappa shape index (κ2) is 5.15. The summed E-state index contributed by atoms with van der Waals surface area (Å²) < 4.78 is 2.61. The van der Waals surface area contributed by atoms with E-state index in [1.165, 1.54) is 0 Å². The van der Waals surface area contributed by atoms with E-state index in [9.17, 15) is 0 Å². The van der Waals surface area contributed by atoms with Crippen molar-refractivity contribution in [3.8, 4) is 17.5 Å². The molecule has 16 heavy (non-hydrogen) atoms. The fourth-order valence-electron chi connectivity index (χ4n) is 1.36. The summed E-state index contributed by atoms with van der Waals surface area (Å²) in [5, 5.41) is 0.692. The molecule has 0 spiro atoms. The third kappa shape index (κ3) is 2.43. The summed E-state index contributed by atoms with van der Waals surface area (Å²) in [6, 6.07) is 7.98. The second-order valence-electron chi connectivity index (χ2n) is 3.12. The van der Waals surface area contributed by atoms with Gasteiger partial charge in [-0.15, -0.1) is 0 Å². The molecule has 1 aromatic carbocycles. The van der Waals surface area contributed by atoms with Crippen molar-refractivity contribution < 1.29 is 0 Å². The van der Waals surface area contributed by atoms with Gasteiger partial charge in [0.15, 0.2) is 4.77 Å². The van der Waals surface area contributed by atoms with Gasteiger partial charge in [0.05, 0.1) is 5.33 Å². The highest BCUT2D eigenvalue weighted by Gasteiger charge is 1.96. The molecule has 0 amide bonds. The van der Waals surface area contributed by atoms with Crippen molar-refractivity contribution in [2.24, 2.45) is 0 Å². The van der Waals surface area contributed by atoms with Gasteiger partial charge in [-0.1, -0.05) is 27.8 Å². The molecular weight excluding hydrogens is 284 g/mol. The lowest BCUT2D eigenvalue weighted by atomic mass is 10.2. The molecule has 2 nitrogen and oxygen atoms in total. The molecule has 0 aliphatic heterocycles. The Balaban J connectivity index is 2.33. The van der Waals surface area contributed by atoms with Gasteiger partial charge in [0.25, 0.3) is 0 Å². The summed E-state index contributed by atoms with van der Waals surface area (Å²) in [5.41, 5.74) is 2.04. The first-order valence-corrected chi connectivity index (χ1v) is 6.25. The van der Waals surface area contributed by atoms with Gasteiger partial charge in [0, 0.05) is 23.6 Å². The number of nitrogens with one attached hydrogen (secondary N) is 1. The van der Waals surface area contributed by atoms with Gasteiger partial charge >= 0.3 is 0 Å². The molecule has 4 heteroatoms. The van der Waals surface area contributed by atoms with Crippen LogP contribution in [0.25, 0.3) is 5.69 Å². The van der Waals surface area contributed by atoms with Crippen LogP contribution in [0.2, 0.25) is 0 Å². The highest BCUT2D eigenvalue weighted by atomic mass is 79.9. The molecule has 0 atom stereocenters. The molecule has 2 aromatic rings. The Hall–Kier alpha value is -1.31. The average Bonchev–Trinajstić information content (AvgIpc) is 2.74. The Kier molecular flexibility index (Phi) is 3.60. The van der Waals surface area contributed by atoms with Crippen LogP contribution < -0.4 is 0 Å². The lowest BCUT2D eigenvalue weighted by Gasteiger charge is -2.01. The summed E-state index contributed by atoms with van der Waals surface area (Å²) in [6.07, 6.45) is 3.72. The van der Waals surface area contributed by atoms with Gasteiger partial charge in [-0.3, -0.25) is 4.57 Å². The van der Waals surface area contributed by atoms with Crippen molar-refractivity contribution in [2.45, 2.75) is 0 Å². The van der Waals surface area contributed by atoms with Crippen LogP contribution in [0.3, 0.4) is 0 Å². The zero-order chi connectivity index (χ0) is 11.4. The molecule has 1 N–H and O–H groups in total. The van der Waals surface area contributed by atoms with Crippen molar-refractivity contribution in [3.63, 3.8) is 0 Å². The third-order valence-electron chi connectivity index (χ3n) is 2.09. The van der Waals surface area contributed by atoms with Crippen molar-refractivity contribution >= 4 is 28.1 Å². The molecule has 0 saturated carbocycles. The standard InChI is InChI=1S/C12H9BrN2S/c13-7-1-2-10-3-5-11(6-4-10)15-9-8-14-12(15)16/h3-6,8-9H,7H2,(H,14,16). The maximum atomic E-state index is 5.14. The van der Waals surface area contributed by atoms with E-state index in [0.29, 0.717) is 10.1 Å². The Labute approximate surface area is 107 Å². The number of nitrogens with zero attached hydrogens (tertiary/aromatic N) is 1. The Morgan fingerprint density at radius 2 is 2.06 bits per heavy atom. The van der Waals surface area contributed by atoms with Crippen molar-refractivity contribution in [1.29, 1.82) is 0 Å². The van der Waals surface area contributed by atoms with Gasteiger partial charge in [0.1, 0.15) is 0 Å². The molecule has 2 rings (SSSR count). The van der Waals surface area contributed by atoms with Crippen LogP contribution in [0.4, 0.5) is 0 Å². The summed E-state index contributed by atoms with van der Waals surface area (Å²) in [4.78, 5) is 2.96. The topological polar surface area (TPSA) is 20.7 Å². The average molecular weight is 293 g/mol. The maximum absolute atomic E-state index is 5.14. The van der Waals surface area contributed by atoms with Crippen molar-refractivity contribution in [2.75, 3.05) is 5.33 Å². The lowest BCUT2D eigenvalue weighted by Crippen LogP contribution is -1.91. The van der Waals surface area contributed by atoms with Gasteiger partial charge in [-0.25, -0.2) is 0 Å². The van der Waals surface area contributed by atoms with Crippen LogP contribution in [0.15, 0.2) is 36.7 Å². The van der Waals surface area contributed by atoms with E-state index in [0.717, 1.165) is 11.3 Å². The molecule has 1 aromatic heterocycles. The summed E-state index contributed by atoms with van der Waals surface area (Å²) >= 11 is 8.41. The number of aromatic nitrogens is 2. The molecule has 0 radical (unpaired) electrons. The van der Waals surface area contributed by atoms with E-state index in [1.807, 2.05) is 41.2 Å². The zero-order valence-electron chi connectivity index (χ0n) is 8.40. The molecule has 0 aliphatic carbocycles. The Morgan fingerprint density at radius 1 is 1.31 bits per heavy atom. The molecule has 0 saturated heterocycles. The molecule has 0 bridgehead atoms. The number of benzene rings is 1. The van der Waals surface area contributed by atoms with Crippen LogP contribution in [-0.2, 0) is 0 Å². The minimum atomic E-state index is 0.692. The van der Waals surface area contributed by atoms with Crippen LogP contribution >= 0.6 is 28.1 Å². The smallest absolute Gasteiger partial charge is 0.181 e. The predicted octanol–water partition coefficient (Wildman–Crippen LogP) is 3.28. The van der Waals surface area contributed by atoms with Crippen molar-refractivity contribution in [3.05, 3.63) is 47.0 Å². The number of imidazole rings is 1. The van der Waals surface area contributed by atoms with E-state index < -0.39 is 0 Å². The van der Waals surface area contributed by atoms with Gasteiger partial charge < -0.3 is 4.98 Å². The summed E-state index contributed by atoms with van der Waals surface area (Å²) in [6.45, 7) is 0. The van der Waals surface area contributed by atoms with Gasteiger partial charge in [0.2, 0.25) is 0 Å². The molecular formula is C12H9BrN2S. The maximum Gasteiger partial charge on any atom is 0.181 e. The Bertz CT molecular complexity index is 584. The summed E-state index contributed by atoms with van der Waals surface area (Å²) in [5.74, 6) is 6.00. The monoisotopic (exact) mass is 292 g/mol. The van der Waals surface area contributed by atoms with E-state index >= 15 is 0 Å². The van der Waals surface area contributed by atoms with Crippen LogP contribution in [0.5, 0.6) is 0 Å². The van der Waals surface area contributed by atoms with E-state index in [1.54, 1.807) is 0 Å². The van der Waals surface area contributed by atoms with Crippen LogP contribution in [0, 0.1) is 16.6 Å². The molecule has 0 fully saturated rings. The Morgan fingerprint density at radius 3 is 2.62 bits per heavy atom. The number of hydrogen-bond acceptors (Lipinski definition) is 1. The van der Waals surface area contributed by atoms with E-state index in [4.69, 9.17) is 12.2 Å². The fourth-order valence-corrected chi connectivity index (χ4v) is 1.74. The van der Waals surface area contributed by atoms with Crippen LogP contribution in [-0.4, -0.2) is 14.9 Å². The first kappa shape index (κ1) is 11.2. The number of halogens is 1. The summed E-state index contributed by atoms with van der Waals surface area (Å²) in [7, 11) is 0. The number of aromatic amines is 1. The van der Waals surface area contributed by atoms with E-state index in [-0.39, 0.29) is 0 Å². The van der Waals surface area contributed by atoms with Crippen LogP contribution in [0.1, 0.15) is 5.56 Å². The number of alkyl halides is 1. The van der Waals surface area contributed by atoms with E-state index in [2.05, 4.69) is 32.8 Å². The number of rotatable bonds is 1. The fraction of sp³-hybridized carbons (Fsp3) is 0.0833. The third-order valence-corrected chi connectivity index (χ3v) is 2.69. The largest absolute Gasteiger partial charge is 0.337 e. The molecule has 80 valence electrons. The predicted molar refractivity (Wildman–Crippen MR) is 71.6 cm³/mol. The number of H-pyrrole nitrogens is 1. The van der Waals surface area contributed by atoms with Gasteiger partial charge in [-0.2, -0.15) is 0 Å². The normalized spacial score (nSPS) is 9.56. The first-order valence-electron chi connectivity index (χ1n) is 4.72. The highest BCUT2D eigenvalue weighted by Crippen LogP contribution is 2.09. The SMILES string of the molecule is S=c1[nH]ccn1-c1ccc(C#CCBr)cc1. The zero-order valence-corrected chi connectivity index (χ0v) is 10.8. The molecule has 0 aliphatic rings. The quantitative estimate of drug-likeness (QED) is 0.486. The lowest BCUT2D eigenvalue weighted by molar-refractivity contribution is 1.03. The number of hydrogen-bond donors (Lipinski definition) is 1. The first-order chi connectivity index (χ1) is 7.81.